The number of carbonyl (C=O) groups excluding carboxylic acids is 1. The van der Waals surface area contributed by atoms with E-state index in [1.807, 2.05) is 0 Å². The summed E-state index contributed by atoms with van der Waals surface area (Å²) in [6.07, 6.45) is 0.476. The molecule has 2 unspecified atom stereocenters. The first kappa shape index (κ1) is 28.9. The van der Waals surface area contributed by atoms with Gasteiger partial charge in [-0.2, -0.15) is 13.2 Å². The number of hydrogen-bond donors (Lipinski definition) is 1. The summed E-state index contributed by atoms with van der Waals surface area (Å²) in [7, 11) is 0. The van der Waals surface area contributed by atoms with Crippen molar-refractivity contribution in [2.75, 3.05) is 19.7 Å². The molecular weight excluding hydrogens is 550 g/mol. The molecule has 0 spiro atoms. The number of alkyl halides is 3. The molecular formula is C30H32ClF4NO4. The fourth-order valence-corrected chi connectivity index (χ4v) is 6.18. The minimum atomic E-state index is -4.43. The summed E-state index contributed by atoms with van der Waals surface area (Å²) in [5.41, 5.74) is 0.476. The minimum Gasteiger partial charge on any atom is -0.493 e. The minimum absolute atomic E-state index is 0.0473. The van der Waals surface area contributed by atoms with E-state index in [2.05, 4.69) is 4.90 Å². The van der Waals surface area contributed by atoms with E-state index in [0.29, 0.717) is 61.8 Å². The normalized spacial score (nSPS) is 22.4. The molecule has 5 rings (SSSR count). The van der Waals surface area contributed by atoms with Crippen molar-refractivity contribution in [1.29, 1.82) is 0 Å². The van der Waals surface area contributed by atoms with E-state index in [-0.39, 0.29) is 17.4 Å². The first-order chi connectivity index (χ1) is 19.0. The number of carboxylic acids is 1. The van der Waals surface area contributed by atoms with Gasteiger partial charge in [0.2, 0.25) is 0 Å². The molecule has 1 saturated heterocycles. The van der Waals surface area contributed by atoms with Crippen LogP contribution in [0.1, 0.15) is 77.9 Å². The molecule has 0 radical (unpaired) electrons. The highest BCUT2D eigenvalue weighted by Gasteiger charge is 2.40. The van der Waals surface area contributed by atoms with Gasteiger partial charge in [-0.1, -0.05) is 18.0 Å². The Morgan fingerprint density at radius 1 is 1.00 bits per heavy atom. The zero-order chi connectivity index (χ0) is 28.6. The Balaban J connectivity index is 1.20. The van der Waals surface area contributed by atoms with Gasteiger partial charge in [-0.3, -0.25) is 14.5 Å². The Morgan fingerprint density at radius 3 is 2.35 bits per heavy atom. The number of carbonyl (C=O) groups is 2. The molecule has 2 atom stereocenters. The number of hydrogen-bond acceptors (Lipinski definition) is 4. The van der Waals surface area contributed by atoms with Crippen molar-refractivity contribution in [2.45, 2.75) is 63.6 Å². The number of ether oxygens (including phenoxy) is 1. The zero-order valence-electron chi connectivity index (χ0n) is 22.0. The lowest BCUT2D eigenvalue weighted by molar-refractivity contribution is -0.142. The number of benzene rings is 2. The molecule has 2 aromatic rings. The van der Waals surface area contributed by atoms with E-state index in [9.17, 15) is 27.9 Å². The smallest absolute Gasteiger partial charge is 0.416 e. The molecule has 1 aliphatic heterocycles. The number of likely N-dealkylation sites (tertiary alicyclic amines) is 1. The monoisotopic (exact) mass is 581 g/mol. The van der Waals surface area contributed by atoms with Crippen LogP contribution in [0, 0.1) is 23.6 Å². The Labute approximate surface area is 235 Å². The fraction of sp³-hybridized carbons (Fsp3) is 0.533. The van der Waals surface area contributed by atoms with E-state index in [4.69, 9.17) is 16.3 Å². The van der Waals surface area contributed by atoms with Crippen molar-refractivity contribution in [3.8, 4) is 5.75 Å². The molecule has 216 valence electrons. The van der Waals surface area contributed by atoms with Crippen LogP contribution in [0.3, 0.4) is 0 Å². The Kier molecular flexibility index (Phi) is 8.43. The highest BCUT2D eigenvalue weighted by atomic mass is 35.5. The maximum atomic E-state index is 15.2. The average molecular weight is 582 g/mol. The van der Waals surface area contributed by atoms with Crippen molar-refractivity contribution >= 4 is 23.4 Å². The molecule has 5 nitrogen and oxygen atoms in total. The van der Waals surface area contributed by atoms with Gasteiger partial charge in [0.25, 0.3) is 0 Å². The van der Waals surface area contributed by atoms with Crippen molar-refractivity contribution in [2.24, 2.45) is 17.8 Å². The molecule has 0 aromatic heterocycles. The molecule has 0 bridgehead atoms. The van der Waals surface area contributed by atoms with E-state index < -0.39 is 41.1 Å². The summed E-state index contributed by atoms with van der Waals surface area (Å²) < 4.78 is 60.6. The third kappa shape index (κ3) is 6.46. The maximum absolute atomic E-state index is 15.2. The first-order valence-electron chi connectivity index (χ1n) is 13.8. The topological polar surface area (TPSA) is 66.8 Å². The number of ketones is 1. The van der Waals surface area contributed by atoms with Gasteiger partial charge in [0.15, 0.2) is 5.78 Å². The van der Waals surface area contributed by atoms with Gasteiger partial charge >= 0.3 is 12.1 Å². The van der Waals surface area contributed by atoms with Gasteiger partial charge in [-0.25, -0.2) is 4.39 Å². The Morgan fingerprint density at radius 2 is 1.70 bits per heavy atom. The molecule has 2 aliphatic carbocycles. The van der Waals surface area contributed by atoms with Crippen LogP contribution in [-0.4, -0.2) is 41.5 Å². The second-order valence-electron chi connectivity index (χ2n) is 11.3. The lowest BCUT2D eigenvalue weighted by Gasteiger charge is -2.32. The van der Waals surface area contributed by atoms with Crippen LogP contribution >= 0.6 is 11.6 Å². The predicted octanol–water partition coefficient (Wildman–Crippen LogP) is 7.35. The lowest BCUT2D eigenvalue weighted by atomic mass is 9.87. The van der Waals surface area contributed by atoms with Crippen LogP contribution in [0.2, 0.25) is 5.02 Å². The number of rotatable bonds is 9. The SMILES string of the molecule is O=C(O)C1CCCC1C(=O)c1cc(C2CC2)c(OCC2CCN(Cc3cc(C(F)(F)F)ccc3Cl)CC2)cc1F. The number of halogens is 5. The number of Topliss-reactive ketones (excluding diaryl/α,β-unsaturated/α-hetero) is 1. The van der Waals surface area contributed by atoms with Crippen LogP contribution in [-0.2, 0) is 17.5 Å². The van der Waals surface area contributed by atoms with Gasteiger partial charge in [0.05, 0.1) is 23.7 Å². The predicted molar refractivity (Wildman–Crippen MR) is 141 cm³/mol. The first-order valence-corrected chi connectivity index (χ1v) is 14.2. The standard InChI is InChI=1S/C30H32ClF4NO4/c31-25-7-6-20(30(33,34)35)12-19(25)15-36-10-8-17(9-11-36)16-40-27-14-26(32)24(13-23(27)18-4-5-18)28(37)21-2-1-3-22(21)29(38)39/h6-7,12-14,17-18,21-22H,1-5,8-11,15-16H2,(H,38,39). The fourth-order valence-electron chi connectivity index (χ4n) is 6.00. The van der Waals surface area contributed by atoms with Crippen LogP contribution < -0.4 is 4.74 Å². The number of aliphatic carboxylic acids is 1. The summed E-state index contributed by atoms with van der Waals surface area (Å²) >= 11 is 6.17. The molecule has 2 aromatic carbocycles. The summed E-state index contributed by atoms with van der Waals surface area (Å²) in [4.78, 5) is 26.8. The van der Waals surface area contributed by atoms with Gasteiger partial charge in [0.1, 0.15) is 11.6 Å². The summed E-state index contributed by atoms with van der Waals surface area (Å²) in [5.74, 6) is -2.81. The molecule has 1 heterocycles. The van der Waals surface area contributed by atoms with Crippen LogP contribution in [0.4, 0.5) is 17.6 Å². The third-order valence-corrected chi connectivity index (χ3v) is 8.87. The van der Waals surface area contributed by atoms with E-state index in [1.54, 1.807) is 6.07 Å². The Bertz CT molecular complexity index is 1270. The quantitative estimate of drug-likeness (QED) is 0.248. The molecule has 40 heavy (non-hydrogen) atoms. The summed E-state index contributed by atoms with van der Waals surface area (Å²) in [6, 6.07) is 6.22. The number of carboxylic acid groups (broad SMARTS) is 1. The second kappa shape index (κ2) is 11.7. The zero-order valence-corrected chi connectivity index (χ0v) is 22.7. The van der Waals surface area contributed by atoms with Gasteiger partial charge in [0, 0.05) is 23.6 Å². The molecule has 0 amide bonds. The van der Waals surface area contributed by atoms with Gasteiger partial charge in [-0.15, -0.1) is 0 Å². The van der Waals surface area contributed by atoms with E-state index in [0.717, 1.165) is 43.4 Å². The maximum Gasteiger partial charge on any atom is 0.416 e. The van der Waals surface area contributed by atoms with Crippen LogP contribution in [0.25, 0.3) is 0 Å². The largest absolute Gasteiger partial charge is 0.493 e. The van der Waals surface area contributed by atoms with E-state index in [1.165, 1.54) is 12.1 Å². The average Bonchev–Trinajstić information content (AvgIpc) is 3.63. The number of piperidine rings is 1. The molecule has 3 fully saturated rings. The lowest BCUT2D eigenvalue weighted by Crippen LogP contribution is -2.35. The van der Waals surface area contributed by atoms with Crippen molar-refractivity contribution in [1.82, 2.24) is 4.90 Å². The molecule has 3 aliphatic rings. The van der Waals surface area contributed by atoms with Crippen LogP contribution in [0.5, 0.6) is 5.75 Å². The number of nitrogens with zero attached hydrogens (tertiary/aromatic N) is 1. The molecule has 1 N–H and O–H groups in total. The molecule has 10 heteroatoms. The molecule has 2 saturated carbocycles. The highest BCUT2D eigenvalue weighted by molar-refractivity contribution is 6.31. The van der Waals surface area contributed by atoms with Crippen molar-refractivity contribution < 1.29 is 37.0 Å². The second-order valence-corrected chi connectivity index (χ2v) is 11.7. The van der Waals surface area contributed by atoms with E-state index >= 15 is 4.39 Å². The van der Waals surface area contributed by atoms with Gasteiger partial charge in [-0.05, 0) is 98.8 Å². The third-order valence-electron chi connectivity index (χ3n) is 8.50. The van der Waals surface area contributed by atoms with Crippen molar-refractivity contribution in [3.63, 3.8) is 0 Å². The Hall–Kier alpha value is -2.65. The van der Waals surface area contributed by atoms with Gasteiger partial charge < -0.3 is 9.84 Å². The summed E-state index contributed by atoms with van der Waals surface area (Å²) in [5, 5.41) is 9.77. The highest BCUT2D eigenvalue weighted by Crippen LogP contribution is 2.46. The van der Waals surface area contributed by atoms with Crippen molar-refractivity contribution in [3.05, 3.63) is 63.4 Å². The van der Waals surface area contributed by atoms with Crippen LogP contribution in [0.15, 0.2) is 30.3 Å². The summed E-state index contributed by atoms with van der Waals surface area (Å²) in [6.45, 7) is 2.04.